The van der Waals surface area contributed by atoms with E-state index in [1.54, 1.807) is 23.1 Å². The van der Waals surface area contributed by atoms with Crippen molar-refractivity contribution in [3.63, 3.8) is 0 Å². The second-order valence-corrected chi connectivity index (χ2v) is 6.34. The molecule has 0 fully saturated rings. The van der Waals surface area contributed by atoms with Gasteiger partial charge in [-0.1, -0.05) is 31.7 Å². The summed E-state index contributed by atoms with van der Waals surface area (Å²) in [4.78, 5) is 1.15. The third-order valence-electron chi connectivity index (χ3n) is 2.87. The Hall–Kier alpha value is -1.01. The lowest BCUT2D eigenvalue weighted by atomic mass is 10.1. The summed E-state index contributed by atoms with van der Waals surface area (Å²) in [6, 6.07) is 4.59. The molecule has 90 valence electrons. The Morgan fingerprint density at radius 2 is 2.35 bits per heavy atom. The van der Waals surface area contributed by atoms with Crippen LogP contribution in [0.25, 0.3) is 10.7 Å². The van der Waals surface area contributed by atoms with E-state index in [-0.39, 0.29) is 0 Å². The summed E-state index contributed by atoms with van der Waals surface area (Å²) in [5.41, 5.74) is 3.51. The van der Waals surface area contributed by atoms with Crippen LogP contribution in [0.5, 0.6) is 0 Å². The maximum Gasteiger partial charge on any atom is 0.210 e. The van der Waals surface area contributed by atoms with Crippen LogP contribution in [0.1, 0.15) is 13.8 Å². The van der Waals surface area contributed by atoms with Gasteiger partial charge in [0, 0.05) is 5.75 Å². The minimum absolute atomic E-state index is 0.474. The molecule has 3 heterocycles. The molecule has 3 rings (SSSR count). The van der Waals surface area contributed by atoms with Gasteiger partial charge in [-0.15, -0.1) is 21.5 Å². The number of aromatic nitrogens is 3. The minimum Gasteiger partial charge on any atom is -0.318 e. The summed E-state index contributed by atoms with van der Waals surface area (Å²) in [5, 5.41) is 11.5. The van der Waals surface area contributed by atoms with Gasteiger partial charge < -0.3 is 5.43 Å². The number of hydrogen-bond donors (Lipinski definition) is 1. The Labute approximate surface area is 108 Å². The van der Waals surface area contributed by atoms with Crippen LogP contribution >= 0.6 is 23.1 Å². The molecule has 0 aliphatic carbocycles. The van der Waals surface area contributed by atoms with Gasteiger partial charge in [0.25, 0.3) is 0 Å². The van der Waals surface area contributed by atoms with Gasteiger partial charge in [0.2, 0.25) is 5.16 Å². The maximum absolute atomic E-state index is 4.27. The van der Waals surface area contributed by atoms with Crippen LogP contribution in [0.3, 0.4) is 0 Å². The van der Waals surface area contributed by atoms with Crippen molar-refractivity contribution in [2.75, 3.05) is 11.2 Å². The number of thioether (sulfide) groups is 1. The van der Waals surface area contributed by atoms with Crippen LogP contribution in [0.4, 0.5) is 0 Å². The highest BCUT2D eigenvalue weighted by Crippen LogP contribution is 2.30. The second-order valence-electron chi connectivity index (χ2n) is 4.41. The van der Waals surface area contributed by atoms with Crippen LogP contribution in [-0.2, 0) is 0 Å². The molecule has 17 heavy (non-hydrogen) atoms. The van der Waals surface area contributed by atoms with Crippen molar-refractivity contribution >= 4 is 23.1 Å². The molecule has 1 unspecified atom stereocenters. The van der Waals surface area contributed by atoms with Crippen molar-refractivity contribution in [2.24, 2.45) is 5.92 Å². The number of rotatable bonds is 2. The van der Waals surface area contributed by atoms with Gasteiger partial charge >= 0.3 is 0 Å². The molecule has 0 radical (unpaired) electrons. The van der Waals surface area contributed by atoms with E-state index in [0.717, 1.165) is 21.6 Å². The van der Waals surface area contributed by atoms with E-state index in [9.17, 15) is 0 Å². The van der Waals surface area contributed by atoms with Crippen LogP contribution in [-0.4, -0.2) is 26.7 Å². The normalized spacial score (nSPS) is 19.1. The third-order valence-corrected chi connectivity index (χ3v) is 4.78. The first-order valence-electron chi connectivity index (χ1n) is 5.64. The first kappa shape index (κ1) is 11.1. The fourth-order valence-corrected chi connectivity index (χ4v) is 3.61. The monoisotopic (exact) mass is 266 g/mol. The Kier molecular flexibility index (Phi) is 2.84. The molecule has 2 aromatic rings. The molecule has 0 amide bonds. The lowest BCUT2D eigenvalue weighted by Crippen LogP contribution is -2.38. The first-order valence-corrected chi connectivity index (χ1v) is 7.51. The van der Waals surface area contributed by atoms with Crippen LogP contribution < -0.4 is 5.43 Å². The van der Waals surface area contributed by atoms with E-state index in [1.807, 2.05) is 10.7 Å². The fourth-order valence-electron chi connectivity index (χ4n) is 1.75. The lowest BCUT2D eigenvalue weighted by molar-refractivity contribution is 0.503. The van der Waals surface area contributed by atoms with Crippen molar-refractivity contribution in [1.29, 1.82) is 0 Å². The van der Waals surface area contributed by atoms with Crippen molar-refractivity contribution in [2.45, 2.75) is 25.0 Å². The predicted octanol–water partition coefficient (Wildman–Crippen LogP) is 2.68. The van der Waals surface area contributed by atoms with Crippen LogP contribution in [0.2, 0.25) is 0 Å². The molecule has 1 atom stereocenters. The minimum atomic E-state index is 0.474. The molecule has 0 saturated carbocycles. The number of fused-ring (bicyclic) bond motifs is 1. The molecular formula is C11H14N4S2. The van der Waals surface area contributed by atoms with E-state index in [1.165, 1.54) is 0 Å². The van der Waals surface area contributed by atoms with Gasteiger partial charge in [0.1, 0.15) is 0 Å². The van der Waals surface area contributed by atoms with Gasteiger partial charge in [0.05, 0.1) is 10.9 Å². The van der Waals surface area contributed by atoms with Gasteiger partial charge in [-0.25, -0.2) is 4.68 Å². The van der Waals surface area contributed by atoms with Gasteiger partial charge in [-0.05, 0) is 17.4 Å². The number of hydrogen-bond acceptors (Lipinski definition) is 5. The molecule has 1 N–H and O–H groups in total. The van der Waals surface area contributed by atoms with Crippen LogP contribution in [0.15, 0.2) is 22.7 Å². The Bertz CT molecular complexity index is 504. The van der Waals surface area contributed by atoms with E-state index < -0.39 is 0 Å². The standard InChI is InChI=1S/C11H14N4S2/c1-7(2)8-6-17-11-13-12-10(15(11)14-8)9-4-3-5-16-9/h3-5,7-8,14H,6H2,1-2H3. The Morgan fingerprint density at radius 1 is 1.47 bits per heavy atom. The largest absolute Gasteiger partial charge is 0.318 e. The zero-order valence-corrected chi connectivity index (χ0v) is 11.4. The van der Waals surface area contributed by atoms with E-state index >= 15 is 0 Å². The average molecular weight is 266 g/mol. The highest BCUT2D eigenvalue weighted by molar-refractivity contribution is 7.99. The number of nitrogens with one attached hydrogen (secondary N) is 1. The lowest BCUT2D eigenvalue weighted by Gasteiger charge is -2.28. The molecular weight excluding hydrogens is 252 g/mol. The third kappa shape index (κ3) is 1.95. The average Bonchev–Trinajstić information content (AvgIpc) is 2.96. The molecule has 4 nitrogen and oxygen atoms in total. The summed E-state index contributed by atoms with van der Waals surface area (Å²) in [6.45, 7) is 4.47. The summed E-state index contributed by atoms with van der Waals surface area (Å²) < 4.78 is 2.03. The fraction of sp³-hybridized carbons (Fsp3) is 0.455. The Morgan fingerprint density at radius 3 is 3.06 bits per heavy atom. The van der Waals surface area contributed by atoms with Crippen molar-refractivity contribution in [1.82, 2.24) is 14.9 Å². The topological polar surface area (TPSA) is 42.7 Å². The van der Waals surface area contributed by atoms with Gasteiger partial charge in [0.15, 0.2) is 5.82 Å². The molecule has 0 saturated heterocycles. The molecule has 0 aromatic carbocycles. The molecule has 6 heteroatoms. The highest BCUT2D eigenvalue weighted by Gasteiger charge is 2.25. The summed E-state index contributed by atoms with van der Waals surface area (Å²) in [7, 11) is 0. The molecule has 1 aliphatic heterocycles. The maximum atomic E-state index is 4.27. The zero-order valence-electron chi connectivity index (χ0n) is 9.75. The summed E-state index contributed by atoms with van der Waals surface area (Å²) in [5.74, 6) is 2.59. The highest BCUT2D eigenvalue weighted by atomic mass is 32.2. The Balaban J connectivity index is 1.97. The van der Waals surface area contributed by atoms with Crippen LogP contribution in [0, 0.1) is 5.92 Å². The summed E-state index contributed by atoms with van der Waals surface area (Å²) in [6.07, 6.45) is 0. The van der Waals surface area contributed by atoms with E-state index in [2.05, 4.69) is 40.9 Å². The molecule has 0 bridgehead atoms. The summed E-state index contributed by atoms with van der Waals surface area (Å²) >= 11 is 3.47. The first-order chi connectivity index (χ1) is 8.25. The second kappa shape index (κ2) is 4.34. The van der Waals surface area contributed by atoms with Crippen molar-refractivity contribution in [3.05, 3.63) is 17.5 Å². The van der Waals surface area contributed by atoms with Crippen molar-refractivity contribution in [3.8, 4) is 10.7 Å². The number of nitrogens with zero attached hydrogens (tertiary/aromatic N) is 3. The SMILES string of the molecule is CC(C)C1CSc2nnc(-c3cccs3)n2N1. The van der Waals surface area contributed by atoms with Gasteiger partial charge in [-0.2, -0.15) is 0 Å². The van der Waals surface area contributed by atoms with E-state index in [4.69, 9.17) is 0 Å². The van der Waals surface area contributed by atoms with Gasteiger partial charge in [-0.3, -0.25) is 0 Å². The van der Waals surface area contributed by atoms with Crippen molar-refractivity contribution < 1.29 is 0 Å². The molecule has 0 spiro atoms. The predicted molar refractivity (Wildman–Crippen MR) is 72.0 cm³/mol. The zero-order chi connectivity index (χ0) is 11.8. The smallest absolute Gasteiger partial charge is 0.210 e. The molecule has 1 aliphatic rings. The number of thiophene rings is 1. The molecule has 2 aromatic heterocycles. The van der Waals surface area contributed by atoms with E-state index in [0.29, 0.717) is 12.0 Å². The quantitative estimate of drug-likeness (QED) is 0.907.